The maximum atomic E-state index is 2.44. The van der Waals surface area contributed by atoms with Crippen LogP contribution >= 0.6 is 0 Å². The summed E-state index contributed by atoms with van der Waals surface area (Å²) in [5.41, 5.74) is 14.5. The second-order valence-electron chi connectivity index (χ2n) is 19.8. The third-order valence-electron chi connectivity index (χ3n) is 16.1. The predicted octanol–water partition coefficient (Wildman–Crippen LogP) is 20.4. The molecule has 0 heterocycles. The molecule has 0 saturated carbocycles. The molecule has 0 atom stereocenters. The highest BCUT2D eigenvalue weighted by atomic mass is 14.3. The number of hydrogen-bond acceptors (Lipinski definition) is 0. The van der Waals surface area contributed by atoms with Crippen molar-refractivity contribution in [3.63, 3.8) is 0 Å². The van der Waals surface area contributed by atoms with Crippen LogP contribution < -0.4 is 0 Å². The molecule has 0 saturated heterocycles. The smallest absolute Gasteiger partial charge is 0.000740 e. The summed E-state index contributed by atoms with van der Waals surface area (Å²) in [7, 11) is 0. The van der Waals surface area contributed by atoms with E-state index in [1.165, 1.54) is 164 Å². The van der Waals surface area contributed by atoms with Gasteiger partial charge in [-0.2, -0.15) is 0 Å². The summed E-state index contributed by atoms with van der Waals surface area (Å²) in [5, 5.41) is 22.9. The Labute approximate surface area is 416 Å². The molecule has 0 aliphatic carbocycles. The van der Waals surface area contributed by atoms with Gasteiger partial charge in [-0.25, -0.2) is 0 Å². The summed E-state index contributed by atoms with van der Waals surface area (Å²) in [6, 6.07) is 96.5. The second kappa shape index (κ2) is 15.1. The summed E-state index contributed by atoms with van der Waals surface area (Å²) >= 11 is 0. The highest BCUT2D eigenvalue weighted by Gasteiger charge is 2.32. The van der Waals surface area contributed by atoms with Gasteiger partial charge in [-0.1, -0.05) is 255 Å². The van der Waals surface area contributed by atoms with Gasteiger partial charge >= 0.3 is 0 Å². The van der Waals surface area contributed by atoms with E-state index in [9.17, 15) is 0 Å². The molecule has 0 spiro atoms. The molecule has 0 bridgehead atoms. The Morgan fingerprint density at radius 3 is 0.653 bits per heavy atom. The van der Waals surface area contributed by atoms with Crippen molar-refractivity contribution in [2.45, 2.75) is 0 Å². The van der Waals surface area contributed by atoms with Crippen molar-refractivity contribution in [1.82, 2.24) is 0 Å². The minimum atomic E-state index is 1.18. The van der Waals surface area contributed by atoms with Crippen LogP contribution in [0.15, 0.2) is 255 Å². The Balaban J connectivity index is 1.21. The van der Waals surface area contributed by atoms with Crippen molar-refractivity contribution in [2.75, 3.05) is 0 Å². The molecule has 0 aromatic heterocycles. The van der Waals surface area contributed by atoms with Crippen molar-refractivity contribution >= 4 is 97.0 Å². The van der Waals surface area contributed by atoms with Gasteiger partial charge in [-0.05, 0) is 164 Å². The van der Waals surface area contributed by atoms with Crippen molar-refractivity contribution < 1.29 is 0 Å². The molecule has 16 aromatic rings. The van der Waals surface area contributed by atoms with Crippen LogP contribution in [0.1, 0.15) is 0 Å². The van der Waals surface area contributed by atoms with Gasteiger partial charge < -0.3 is 0 Å². The first-order valence-electron chi connectivity index (χ1n) is 25.2. The van der Waals surface area contributed by atoms with E-state index in [2.05, 4.69) is 255 Å². The van der Waals surface area contributed by atoms with Crippen LogP contribution in [0.4, 0.5) is 0 Å². The van der Waals surface area contributed by atoms with E-state index < -0.39 is 0 Å². The molecule has 0 heteroatoms. The third-order valence-corrected chi connectivity index (χ3v) is 16.1. The van der Waals surface area contributed by atoms with Crippen LogP contribution in [0, 0.1) is 0 Å². The molecule has 0 nitrogen and oxygen atoms in total. The molecular formula is C72H42. The van der Waals surface area contributed by atoms with Gasteiger partial charge in [0.2, 0.25) is 0 Å². The largest absolute Gasteiger partial charge is 0.0622 e. The average Bonchev–Trinajstić information content (AvgIpc) is 3.45. The fourth-order valence-corrected chi connectivity index (χ4v) is 13.1. The molecular weight excluding hydrogens is 865 g/mol. The standard InChI is InChI=1S/C72H42/c1-4-13-43(14-5-1)67-68(44-15-6-2-7-16-44)71(59-41-35-53-29-26-47-20-11-23-50-32-38-56(59)65(53)62(47)50)72(60-42-36-54-30-27-48-21-12-24-51-33-39-57(60)66(54)63(48)51)69(45-17-8-3-9-18-45)70(67)58-40-34-52-28-25-46-19-10-22-49-31-37-55(58)64(52)61(46)49/h1-42H. The van der Waals surface area contributed by atoms with Crippen LogP contribution in [0.3, 0.4) is 0 Å². The Bertz CT molecular complexity index is 4770. The SMILES string of the molecule is c1ccc(-c2c(-c3ccccc3)c(-c3ccc4ccc5cccc6ccc3c4c56)c(-c3ccc4ccc5cccc6ccc3c4c56)c(-c3ccccc3)c2-c2ccc3ccc4cccc5ccc2c3c45)cc1. The Morgan fingerprint density at radius 1 is 0.139 bits per heavy atom. The third kappa shape index (κ3) is 5.52. The lowest BCUT2D eigenvalue weighted by Crippen LogP contribution is -2.03. The summed E-state index contributed by atoms with van der Waals surface area (Å²) in [5.74, 6) is 0. The van der Waals surface area contributed by atoms with Gasteiger partial charge in [0.25, 0.3) is 0 Å². The molecule has 330 valence electrons. The molecule has 0 N–H and O–H groups in total. The number of benzene rings is 16. The zero-order valence-corrected chi connectivity index (χ0v) is 39.2. The van der Waals surface area contributed by atoms with Crippen molar-refractivity contribution in [1.29, 1.82) is 0 Å². The summed E-state index contributed by atoms with van der Waals surface area (Å²) in [6.45, 7) is 0. The molecule has 0 aliphatic rings. The maximum absolute atomic E-state index is 2.44. The highest BCUT2D eigenvalue weighted by molar-refractivity contribution is 6.32. The molecule has 0 amide bonds. The molecule has 16 aromatic carbocycles. The minimum Gasteiger partial charge on any atom is -0.0622 e. The zero-order valence-electron chi connectivity index (χ0n) is 39.2. The van der Waals surface area contributed by atoms with E-state index in [1.807, 2.05) is 0 Å². The fourth-order valence-electron chi connectivity index (χ4n) is 13.1. The molecule has 0 aliphatic heterocycles. The van der Waals surface area contributed by atoms with Crippen LogP contribution in [-0.2, 0) is 0 Å². The minimum absolute atomic E-state index is 1.18. The van der Waals surface area contributed by atoms with Gasteiger partial charge in [-0.3, -0.25) is 0 Å². The maximum Gasteiger partial charge on any atom is -0.000740 e. The lowest BCUT2D eigenvalue weighted by atomic mass is 9.72. The lowest BCUT2D eigenvalue weighted by molar-refractivity contribution is 1.54. The van der Waals surface area contributed by atoms with Gasteiger partial charge in [-0.15, -0.1) is 0 Å². The van der Waals surface area contributed by atoms with E-state index in [1.54, 1.807) is 0 Å². The van der Waals surface area contributed by atoms with E-state index in [0.717, 1.165) is 0 Å². The van der Waals surface area contributed by atoms with Gasteiger partial charge in [0.15, 0.2) is 0 Å². The summed E-state index contributed by atoms with van der Waals surface area (Å²) in [4.78, 5) is 0. The lowest BCUT2D eigenvalue weighted by Gasteiger charge is -2.30. The monoisotopic (exact) mass is 906 g/mol. The summed E-state index contributed by atoms with van der Waals surface area (Å²) in [6.07, 6.45) is 0. The number of hydrogen-bond donors (Lipinski definition) is 0. The molecule has 72 heavy (non-hydrogen) atoms. The van der Waals surface area contributed by atoms with E-state index in [-0.39, 0.29) is 0 Å². The average molecular weight is 907 g/mol. The quantitative estimate of drug-likeness (QED) is 0.146. The zero-order chi connectivity index (χ0) is 47.0. The highest BCUT2D eigenvalue weighted by Crippen LogP contribution is 2.59. The first-order chi connectivity index (χ1) is 35.7. The first kappa shape index (κ1) is 39.5. The van der Waals surface area contributed by atoms with E-state index in [4.69, 9.17) is 0 Å². The van der Waals surface area contributed by atoms with Crippen molar-refractivity contribution in [3.8, 4) is 66.8 Å². The fraction of sp³-hybridized carbons (Fsp3) is 0. The summed E-state index contributed by atoms with van der Waals surface area (Å²) < 4.78 is 0. The Hall–Kier alpha value is -9.36. The van der Waals surface area contributed by atoms with Gasteiger partial charge in [0.05, 0.1) is 0 Å². The molecule has 0 fully saturated rings. The molecule has 0 radical (unpaired) electrons. The first-order valence-corrected chi connectivity index (χ1v) is 25.2. The molecule has 0 unspecified atom stereocenters. The Kier molecular flexibility index (Phi) is 8.26. The Morgan fingerprint density at radius 2 is 0.361 bits per heavy atom. The van der Waals surface area contributed by atoms with Crippen LogP contribution in [0.5, 0.6) is 0 Å². The van der Waals surface area contributed by atoms with Crippen LogP contribution in [-0.4, -0.2) is 0 Å². The van der Waals surface area contributed by atoms with Crippen LogP contribution in [0.25, 0.3) is 164 Å². The topological polar surface area (TPSA) is 0 Å². The van der Waals surface area contributed by atoms with Gasteiger partial charge in [0, 0.05) is 0 Å². The van der Waals surface area contributed by atoms with E-state index >= 15 is 0 Å². The van der Waals surface area contributed by atoms with Gasteiger partial charge in [0.1, 0.15) is 0 Å². The van der Waals surface area contributed by atoms with Crippen LogP contribution in [0.2, 0.25) is 0 Å². The molecule has 16 rings (SSSR count). The predicted molar refractivity (Wildman–Crippen MR) is 310 cm³/mol. The number of rotatable bonds is 6. The second-order valence-corrected chi connectivity index (χ2v) is 19.8. The normalized spacial score (nSPS) is 12.2. The van der Waals surface area contributed by atoms with E-state index in [0.29, 0.717) is 0 Å². The van der Waals surface area contributed by atoms with Crippen molar-refractivity contribution in [3.05, 3.63) is 255 Å². The van der Waals surface area contributed by atoms with Crippen molar-refractivity contribution in [2.24, 2.45) is 0 Å².